The standard InChI is InChI=1S/C26H24FN7/c1-17(2)34-26(19-4-6-21(27)7-5-19)24(15-30-34)20-12-13-28-25(14-20)31-22-8-10-23(11-9-22)33-16-29-18(3)32-33/h4-17H,1-3H3,(H,28,31). The summed E-state index contributed by atoms with van der Waals surface area (Å²) in [5.41, 5.74) is 5.62. The molecule has 0 saturated carbocycles. The smallest absolute Gasteiger partial charge is 0.147 e. The molecule has 0 bridgehead atoms. The largest absolute Gasteiger partial charge is 0.340 e. The number of pyridine rings is 1. The summed E-state index contributed by atoms with van der Waals surface area (Å²) in [6, 6.07) is 18.5. The number of nitrogens with zero attached hydrogens (tertiary/aromatic N) is 6. The zero-order valence-electron chi connectivity index (χ0n) is 19.1. The first-order chi connectivity index (χ1) is 16.5. The number of hydrogen-bond donors (Lipinski definition) is 1. The summed E-state index contributed by atoms with van der Waals surface area (Å²) in [5, 5.41) is 12.3. The predicted octanol–water partition coefficient (Wildman–Crippen LogP) is 5.96. The lowest BCUT2D eigenvalue weighted by Crippen LogP contribution is -2.05. The van der Waals surface area contributed by atoms with Crippen LogP contribution in [0.15, 0.2) is 79.4 Å². The van der Waals surface area contributed by atoms with Crippen molar-refractivity contribution in [1.29, 1.82) is 0 Å². The highest BCUT2D eigenvalue weighted by Crippen LogP contribution is 2.35. The maximum absolute atomic E-state index is 13.5. The molecule has 0 radical (unpaired) electrons. The Balaban J connectivity index is 1.45. The number of benzene rings is 2. The molecule has 0 atom stereocenters. The third-order valence-electron chi connectivity index (χ3n) is 5.48. The van der Waals surface area contributed by atoms with Crippen LogP contribution in [0.3, 0.4) is 0 Å². The molecule has 1 N–H and O–H groups in total. The average molecular weight is 454 g/mol. The molecule has 170 valence electrons. The first kappa shape index (κ1) is 21.5. The molecule has 8 heteroatoms. The van der Waals surface area contributed by atoms with Gasteiger partial charge in [0, 0.05) is 29.1 Å². The molecule has 2 aromatic carbocycles. The van der Waals surface area contributed by atoms with Crippen molar-refractivity contribution >= 4 is 11.5 Å². The third-order valence-corrected chi connectivity index (χ3v) is 5.48. The number of halogens is 1. The maximum Gasteiger partial charge on any atom is 0.147 e. The molecule has 0 aliphatic rings. The summed E-state index contributed by atoms with van der Waals surface area (Å²) < 4.78 is 17.2. The predicted molar refractivity (Wildman–Crippen MR) is 131 cm³/mol. The molecule has 3 heterocycles. The Hall–Kier alpha value is -4.33. The van der Waals surface area contributed by atoms with Crippen LogP contribution in [0.4, 0.5) is 15.9 Å². The van der Waals surface area contributed by atoms with Gasteiger partial charge in [0.15, 0.2) is 0 Å². The van der Waals surface area contributed by atoms with Crippen LogP contribution in [0, 0.1) is 12.7 Å². The Kier molecular flexibility index (Phi) is 5.63. The molecule has 0 aliphatic heterocycles. The molecule has 0 saturated heterocycles. The van der Waals surface area contributed by atoms with Gasteiger partial charge in [-0.1, -0.05) is 0 Å². The monoisotopic (exact) mass is 453 g/mol. The summed E-state index contributed by atoms with van der Waals surface area (Å²) >= 11 is 0. The molecular weight excluding hydrogens is 429 g/mol. The van der Waals surface area contributed by atoms with E-state index in [-0.39, 0.29) is 11.9 Å². The molecule has 0 fully saturated rings. The van der Waals surface area contributed by atoms with Crippen molar-refractivity contribution in [1.82, 2.24) is 29.5 Å². The van der Waals surface area contributed by atoms with Crippen LogP contribution in [0.5, 0.6) is 0 Å². The Morgan fingerprint density at radius 3 is 2.35 bits per heavy atom. The minimum absolute atomic E-state index is 0.153. The van der Waals surface area contributed by atoms with E-state index < -0.39 is 0 Å². The van der Waals surface area contributed by atoms with Crippen LogP contribution in [0.1, 0.15) is 25.7 Å². The zero-order valence-corrected chi connectivity index (χ0v) is 19.1. The summed E-state index contributed by atoms with van der Waals surface area (Å²) in [6.45, 7) is 6.01. The SMILES string of the molecule is Cc1ncn(-c2ccc(Nc3cc(-c4cnn(C(C)C)c4-c4ccc(F)cc4)ccn3)cc2)n1. The molecule has 3 aromatic heterocycles. The van der Waals surface area contributed by atoms with Crippen LogP contribution < -0.4 is 5.32 Å². The summed E-state index contributed by atoms with van der Waals surface area (Å²) in [7, 11) is 0. The van der Waals surface area contributed by atoms with Gasteiger partial charge in [0.25, 0.3) is 0 Å². The molecule has 7 nitrogen and oxygen atoms in total. The summed E-state index contributed by atoms with van der Waals surface area (Å²) in [6.07, 6.45) is 5.32. The highest BCUT2D eigenvalue weighted by atomic mass is 19.1. The van der Waals surface area contributed by atoms with Gasteiger partial charge in [-0.3, -0.25) is 4.68 Å². The lowest BCUT2D eigenvalue weighted by atomic mass is 10.0. The quantitative estimate of drug-likeness (QED) is 0.343. The minimum Gasteiger partial charge on any atom is -0.340 e. The second-order valence-electron chi connectivity index (χ2n) is 8.29. The topological polar surface area (TPSA) is 73.5 Å². The van der Waals surface area contributed by atoms with Crippen LogP contribution in [0.2, 0.25) is 0 Å². The van der Waals surface area contributed by atoms with Gasteiger partial charge in [-0.15, -0.1) is 0 Å². The van der Waals surface area contributed by atoms with Crippen LogP contribution >= 0.6 is 0 Å². The van der Waals surface area contributed by atoms with E-state index in [4.69, 9.17) is 0 Å². The third kappa shape index (κ3) is 4.30. The first-order valence-corrected chi connectivity index (χ1v) is 11.0. The lowest BCUT2D eigenvalue weighted by Gasteiger charge is -2.14. The van der Waals surface area contributed by atoms with Crippen molar-refractivity contribution < 1.29 is 4.39 Å². The fourth-order valence-corrected chi connectivity index (χ4v) is 3.84. The van der Waals surface area contributed by atoms with E-state index in [1.54, 1.807) is 29.3 Å². The molecular formula is C26H24FN7. The van der Waals surface area contributed by atoms with Crippen LogP contribution in [-0.2, 0) is 0 Å². The maximum atomic E-state index is 13.5. The van der Waals surface area contributed by atoms with Gasteiger partial charge in [-0.05, 0) is 87.0 Å². The average Bonchev–Trinajstić information content (AvgIpc) is 3.47. The van der Waals surface area contributed by atoms with E-state index in [9.17, 15) is 4.39 Å². The van der Waals surface area contributed by atoms with Crippen molar-refractivity contribution in [3.05, 3.63) is 91.0 Å². The highest BCUT2D eigenvalue weighted by Gasteiger charge is 2.17. The highest BCUT2D eigenvalue weighted by molar-refractivity contribution is 5.82. The van der Waals surface area contributed by atoms with E-state index in [0.29, 0.717) is 5.82 Å². The molecule has 34 heavy (non-hydrogen) atoms. The van der Waals surface area contributed by atoms with Crippen molar-refractivity contribution in [2.75, 3.05) is 5.32 Å². The molecule has 5 rings (SSSR count). The number of anilines is 2. The number of aromatic nitrogens is 6. The Bertz CT molecular complexity index is 1420. The minimum atomic E-state index is -0.263. The van der Waals surface area contributed by atoms with Crippen molar-refractivity contribution in [3.8, 4) is 28.1 Å². The van der Waals surface area contributed by atoms with Gasteiger partial charge in [0.1, 0.15) is 23.8 Å². The van der Waals surface area contributed by atoms with Gasteiger partial charge >= 0.3 is 0 Å². The summed E-state index contributed by atoms with van der Waals surface area (Å²) in [4.78, 5) is 8.65. The Labute approximate surface area is 196 Å². The number of nitrogens with one attached hydrogen (secondary N) is 1. The van der Waals surface area contributed by atoms with Gasteiger partial charge in [0.05, 0.1) is 17.6 Å². The van der Waals surface area contributed by atoms with Crippen molar-refractivity contribution in [2.45, 2.75) is 26.8 Å². The fourth-order valence-electron chi connectivity index (χ4n) is 3.84. The lowest BCUT2D eigenvalue weighted by molar-refractivity contribution is 0.538. The molecule has 0 aliphatic carbocycles. The molecule has 0 unspecified atom stereocenters. The Morgan fingerprint density at radius 2 is 1.68 bits per heavy atom. The van der Waals surface area contributed by atoms with E-state index in [2.05, 4.69) is 39.3 Å². The molecule has 0 spiro atoms. The second kappa shape index (κ2) is 8.90. The Morgan fingerprint density at radius 1 is 0.912 bits per heavy atom. The second-order valence-corrected chi connectivity index (χ2v) is 8.29. The van der Waals surface area contributed by atoms with Crippen molar-refractivity contribution in [2.24, 2.45) is 0 Å². The fraction of sp³-hybridized carbons (Fsp3) is 0.154. The number of aryl methyl sites for hydroxylation is 1. The number of hydrogen-bond acceptors (Lipinski definition) is 5. The van der Waals surface area contributed by atoms with Gasteiger partial charge in [-0.25, -0.2) is 19.0 Å². The zero-order chi connectivity index (χ0) is 23.7. The van der Waals surface area contributed by atoms with E-state index in [1.807, 2.05) is 54.2 Å². The molecule has 5 aromatic rings. The van der Waals surface area contributed by atoms with E-state index in [1.165, 1.54) is 12.1 Å². The first-order valence-electron chi connectivity index (χ1n) is 11.0. The molecule has 0 amide bonds. The van der Waals surface area contributed by atoms with Gasteiger partial charge in [-0.2, -0.15) is 10.2 Å². The van der Waals surface area contributed by atoms with E-state index in [0.717, 1.165) is 39.6 Å². The van der Waals surface area contributed by atoms with Gasteiger partial charge in [0.2, 0.25) is 0 Å². The van der Waals surface area contributed by atoms with Gasteiger partial charge < -0.3 is 5.32 Å². The van der Waals surface area contributed by atoms with E-state index >= 15 is 0 Å². The van der Waals surface area contributed by atoms with Crippen molar-refractivity contribution in [3.63, 3.8) is 0 Å². The van der Waals surface area contributed by atoms with Crippen LogP contribution in [0.25, 0.3) is 28.1 Å². The number of rotatable bonds is 6. The van der Waals surface area contributed by atoms with Crippen LogP contribution in [-0.4, -0.2) is 29.5 Å². The summed E-state index contributed by atoms with van der Waals surface area (Å²) in [5.74, 6) is 1.18. The normalized spacial score (nSPS) is 11.2.